The van der Waals surface area contributed by atoms with Gasteiger partial charge in [-0.1, -0.05) is 58.2 Å². The number of carbonyl (C=O) groups is 3. The summed E-state index contributed by atoms with van der Waals surface area (Å²) in [4.78, 5) is 44.6. The summed E-state index contributed by atoms with van der Waals surface area (Å²) in [5.41, 5.74) is 1.10. The minimum Gasteiger partial charge on any atom is -0.478 e. The molecule has 1 aromatic heterocycles. The number of aromatic carboxylic acids is 1. The first-order valence-corrected chi connectivity index (χ1v) is 12.4. The molecule has 9 nitrogen and oxygen atoms in total. The van der Waals surface area contributed by atoms with Crippen LogP contribution in [0.25, 0.3) is 11.0 Å². The second-order valence-electron chi connectivity index (χ2n) is 7.27. The van der Waals surface area contributed by atoms with Gasteiger partial charge in [0.1, 0.15) is 0 Å². The van der Waals surface area contributed by atoms with Gasteiger partial charge in [0.2, 0.25) is 5.95 Å². The third kappa shape index (κ3) is 5.73. The maximum atomic E-state index is 12.8. The average Bonchev–Trinajstić information content (AvgIpc) is 3.25. The molecular weight excluding hydrogens is 586 g/mol. The summed E-state index contributed by atoms with van der Waals surface area (Å²) < 4.78 is 4.56. The monoisotopic (exact) mass is 598 g/mol. The van der Waals surface area contributed by atoms with E-state index in [4.69, 9.17) is 46.4 Å². The molecule has 0 atom stereocenters. The van der Waals surface area contributed by atoms with Gasteiger partial charge in [0.15, 0.2) is 0 Å². The highest BCUT2D eigenvalue weighted by molar-refractivity contribution is 7.99. The molecule has 0 saturated heterocycles. The maximum absolute atomic E-state index is 12.8. The molecule has 1 heterocycles. The maximum Gasteiger partial charge on any atom is 0.413 e. The number of fused-ring (bicyclic) bond motifs is 1. The highest BCUT2D eigenvalue weighted by Crippen LogP contribution is 2.41. The zero-order valence-corrected chi connectivity index (χ0v) is 22.3. The third-order valence-electron chi connectivity index (χ3n) is 4.91. The van der Waals surface area contributed by atoms with E-state index in [1.54, 1.807) is 24.3 Å². The van der Waals surface area contributed by atoms with E-state index >= 15 is 0 Å². The number of methoxy groups -OCH3 is 1. The van der Waals surface area contributed by atoms with Crippen LogP contribution in [0.4, 0.5) is 16.4 Å². The minimum atomic E-state index is -1.43. The summed E-state index contributed by atoms with van der Waals surface area (Å²) in [6.07, 6.45) is -0.631. The summed E-state index contributed by atoms with van der Waals surface area (Å²) in [5, 5.41) is 13.0. The van der Waals surface area contributed by atoms with Crippen molar-refractivity contribution in [1.29, 1.82) is 0 Å². The lowest BCUT2D eigenvalue weighted by Gasteiger charge is -2.13. The number of hydrogen-bond acceptors (Lipinski definition) is 6. The number of nitrogens with one attached hydrogen (secondary N) is 3. The lowest BCUT2D eigenvalue weighted by atomic mass is 10.1. The second-order valence-corrected chi connectivity index (χ2v) is 9.93. The van der Waals surface area contributed by atoms with Crippen LogP contribution in [-0.4, -0.2) is 40.2 Å². The molecule has 37 heavy (non-hydrogen) atoms. The van der Waals surface area contributed by atoms with E-state index in [9.17, 15) is 19.5 Å². The molecule has 0 fully saturated rings. The molecule has 4 N–H and O–H groups in total. The molecule has 4 aromatic rings. The van der Waals surface area contributed by atoms with Gasteiger partial charge >= 0.3 is 12.1 Å². The normalized spacial score (nSPS) is 10.8. The van der Waals surface area contributed by atoms with Crippen molar-refractivity contribution in [1.82, 2.24) is 9.97 Å². The van der Waals surface area contributed by atoms with E-state index < -0.39 is 23.5 Å². The Morgan fingerprint density at radius 1 is 0.892 bits per heavy atom. The molecule has 2 amide bonds. The smallest absolute Gasteiger partial charge is 0.413 e. The number of aromatic nitrogens is 2. The van der Waals surface area contributed by atoms with Crippen molar-refractivity contribution in [3.63, 3.8) is 0 Å². The van der Waals surface area contributed by atoms with Crippen LogP contribution >= 0.6 is 58.2 Å². The van der Waals surface area contributed by atoms with Crippen LogP contribution in [0.1, 0.15) is 20.7 Å². The van der Waals surface area contributed by atoms with Gasteiger partial charge in [0, 0.05) is 15.5 Å². The van der Waals surface area contributed by atoms with Crippen LogP contribution in [0.2, 0.25) is 20.1 Å². The van der Waals surface area contributed by atoms with E-state index in [0.717, 1.165) is 15.3 Å². The average molecular weight is 600 g/mol. The number of carboxylic acids is 1. The fraction of sp³-hybridized carbons (Fsp3) is 0.0435. The van der Waals surface area contributed by atoms with Crippen molar-refractivity contribution in [2.24, 2.45) is 0 Å². The van der Waals surface area contributed by atoms with Crippen LogP contribution in [0.3, 0.4) is 0 Å². The second kappa shape index (κ2) is 11.1. The largest absolute Gasteiger partial charge is 0.478 e. The van der Waals surface area contributed by atoms with Crippen LogP contribution in [0, 0.1) is 0 Å². The van der Waals surface area contributed by atoms with Gasteiger partial charge in [0.25, 0.3) is 5.91 Å². The highest BCUT2D eigenvalue weighted by atomic mass is 35.5. The Labute approximate surface area is 233 Å². The molecule has 190 valence electrons. The Kier molecular flexibility index (Phi) is 8.05. The first-order valence-electron chi connectivity index (χ1n) is 10.1. The third-order valence-corrected chi connectivity index (χ3v) is 7.61. The SMILES string of the molecule is COC(=O)Nc1nc2ccc(Sc3ccc(NC(=O)c4c(Cl)c(Cl)c(C(=O)O)c(Cl)c4Cl)cc3)cc2[nH]1. The first-order chi connectivity index (χ1) is 17.6. The van der Waals surface area contributed by atoms with Crippen LogP contribution < -0.4 is 10.6 Å². The van der Waals surface area contributed by atoms with Gasteiger partial charge in [-0.2, -0.15) is 0 Å². The molecule has 0 aliphatic heterocycles. The number of hydrogen-bond donors (Lipinski definition) is 4. The Bertz CT molecular complexity index is 1530. The number of benzene rings is 3. The zero-order valence-electron chi connectivity index (χ0n) is 18.5. The first kappa shape index (κ1) is 26.9. The van der Waals surface area contributed by atoms with Crippen LogP contribution in [0.5, 0.6) is 0 Å². The van der Waals surface area contributed by atoms with Crippen molar-refractivity contribution in [3.05, 3.63) is 73.7 Å². The molecule has 0 aliphatic carbocycles. The molecule has 0 spiro atoms. The number of aromatic amines is 1. The van der Waals surface area contributed by atoms with Crippen molar-refractivity contribution in [2.75, 3.05) is 17.7 Å². The van der Waals surface area contributed by atoms with Gasteiger partial charge in [-0.25, -0.2) is 14.6 Å². The van der Waals surface area contributed by atoms with Crippen molar-refractivity contribution < 1.29 is 24.2 Å². The number of rotatable bonds is 6. The Balaban J connectivity index is 1.49. The molecule has 0 aliphatic rings. The molecule has 0 saturated carbocycles. The molecule has 0 radical (unpaired) electrons. The Morgan fingerprint density at radius 2 is 1.49 bits per heavy atom. The number of H-pyrrole nitrogens is 1. The number of halogens is 4. The van der Waals surface area contributed by atoms with Crippen molar-refractivity contribution >= 4 is 98.8 Å². The van der Waals surface area contributed by atoms with Gasteiger partial charge in [0.05, 0.1) is 49.4 Å². The molecule has 0 unspecified atom stereocenters. The topological polar surface area (TPSA) is 133 Å². The van der Waals surface area contributed by atoms with Crippen molar-refractivity contribution in [3.8, 4) is 0 Å². The zero-order chi connectivity index (χ0) is 26.9. The van der Waals surface area contributed by atoms with Gasteiger partial charge in [-0.3, -0.25) is 10.1 Å². The number of amides is 2. The lowest BCUT2D eigenvalue weighted by Crippen LogP contribution is -2.15. The standard InChI is InChI=1S/C23H14Cl4N4O5S/c1-36-23(35)31-22-29-12-7-6-11(8-13(12)30-22)37-10-4-2-9(3-5-10)28-20(32)14-16(24)18(26)15(21(33)34)19(27)17(14)25/h2-8H,1H3,(H,28,32)(H,33,34)(H2,29,30,31,35). The molecular formula is C23H14Cl4N4O5S. The van der Waals surface area contributed by atoms with Crippen molar-refractivity contribution in [2.45, 2.75) is 9.79 Å². The number of nitrogens with zero attached hydrogens (tertiary/aromatic N) is 1. The molecule has 3 aromatic carbocycles. The summed E-state index contributed by atoms with van der Waals surface area (Å²) in [5.74, 6) is -1.87. The van der Waals surface area contributed by atoms with Crippen LogP contribution in [-0.2, 0) is 4.74 Å². The molecule has 14 heteroatoms. The van der Waals surface area contributed by atoms with Gasteiger partial charge in [-0.05, 0) is 42.5 Å². The van der Waals surface area contributed by atoms with E-state index in [1.807, 2.05) is 18.2 Å². The lowest BCUT2D eigenvalue weighted by molar-refractivity contribution is 0.0696. The van der Waals surface area contributed by atoms with E-state index in [1.165, 1.54) is 18.9 Å². The summed E-state index contributed by atoms with van der Waals surface area (Å²) >= 11 is 25.8. The number of carboxylic acid groups (broad SMARTS) is 1. The predicted octanol–water partition coefficient (Wildman–Crippen LogP) is 7.46. The van der Waals surface area contributed by atoms with Gasteiger partial charge in [-0.15, -0.1) is 0 Å². The Morgan fingerprint density at radius 3 is 2.08 bits per heavy atom. The molecule has 4 rings (SSSR count). The number of imidazole rings is 1. The minimum absolute atomic E-state index is 0.240. The fourth-order valence-electron chi connectivity index (χ4n) is 3.21. The fourth-order valence-corrected chi connectivity index (χ4v) is 5.26. The van der Waals surface area contributed by atoms with E-state index in [2.05, 4.69) is 25.3 Å². The number of ether oxygens (including phenoxy) is 1. The summed E-state index contributed by atoms with van der Waals surface area (Å²) in [6, 6.07) is 12.5. The summed E-state index contributed by atoms with van der Waals surface area (Å²) in [7, 11) is 1.26. The molecule has 0 bridgehead atoms. The number of anilines is 2. The van der Waals surface area contributed by atoms with Crippen LogP contribution in [0.15, 0.2) is 52.3 Å². The van der Waals surface area contributed by atoms with E-state index in [-0.39, 0.29) is 31.6 Å². The predicted molar refractivity (Wildman–Crippen MR) is 144 cm³/mol. The quantitative estimate of drug-likeness (QED) is 0.169. The highest BCUT2D eigenvalue weighted by Gasteiger charge is 2.27. The Hall–Kier alpha value is -3.15. The van der Waals surface area contributed by atoms with Gasteiger partial charge < -0.3 is 20.1 Å². The van der Waals surface area contributed by atoms with E-state index in [0.29, 0.717) is 11.2 Å². The number of carbonyl (C=O) groups excluding carboxylic acids is 2. The summed E-state index contributed by atoms with van der Waals surface area (Å²) in [6.45, 7) is 0.